The van der Waals surface area contributed by atoms with Gasteiger partial charge in [-0.15, -0.1) is 0 Å². The fourth-order valence-corrected chi connectivity index (χ4v) is 5.25. The molecule has 0 fully saturated rings. The van der Waals surface area contributed by atoms with E-state index in [0.29, 0.717) is 40.2 Å². The van der Waals surface area contributed by atoms with E-state index in [1.165, 1.54) is 7.11 Å². The monoisotopic (exact) mass is 644 g/mol. The van der Waals surface area contributed by atoms with Crippen molar-refractivity contribution in [3.8, 4) is 5.75 Å². The highest BCUT2D eigenvalue weighted by Gasteiger charge is 2.23. The molecule has 0 atom stereocenters. The standard InChI is InChI=1S/C21H12Br4O4/c1-29-21(28)13-5-3-2-4-12(13)18(10-6-14(22)19(26)15(23)7-10)11-8-16(24)20(27)17(25)9-11/h2-9,26H,1H3. The SMILES string of the molecule is COC(=O)c1ccccc1C(=C1C=C(Br)C(=O)C(Br)=C1)c1cc(Br)c(O)c(Br)c1. The number of methoxy groups -OCH3 is 1. The Balaban J connectivity index is 2.42. The van der Waals surface area contributed by atoms with Crippen LogP contribution in [0.15, 0.2) is 72.0 Å². The second kappa shape index (κ2) is 9.12. The molecule has 0 amide bonds. The first-order chi connectivity index (χ1) is 13.7. The Kier molecular flexibility index (Phi) is 6.98. The number of ketones is 1. The molecule has 1 N–H and O–H groups in total. The molecule has 0 aromatic heterocycles. The van der Waals surface area contributed by atoms with Gasteiger partial charge in [0.2, 0.25) is 5.78 Å². The number of phenolic OH excluding ortho intramolecular Hbond substituents is 1. The minimum absolute atomic E-state index is 0.0617. The Morgan fingerprint density at radius 2 is 1.45 bits per heavy atom. The van der Waals surface area contributed by atoms with Crippen molar-refractivity contribution >= 4 is 81.0 Å². The zero-order valence-corrected chi connectivity index (χ0v) is 21.1. The van der Waals surface area contributed by atoms with Gasteiger partial charge in [0.25, 0.3) is 0 Å². The maximum atomic E-state index is 12.4. The molecule has 1 aliphatic carbocycles. The number of esters is 1. The third kappa shape index (κ3) is 4.50. The first kappa shape index (κ1) is 22.2. The predicted octanol–water partition coefficient (Wildman–Crippen LogP) is 6.65. The molecule has 29 heavy (non-hydrogen) atoms. The molecule has 0 unspecified atom stereocenters. The van der Waals surface area contributed by atoms with E-state index in [4.69, 9.17) is 4.74 Å². The van der Waals surface area contributed by atoms with Crippen molar-refractivity contribution in [1.29, 1.82) is 0 Å². The van der Waals surface area contributed by atoms with Gasteiger partial charge in [-0.3, -0.25) is 4.79 Å². The predicted molar refractivity (Wildman–Crippen MR) is 126 cm³/mol. The highest BCUT2D eigenvalue weighted by molar-refractivity contribution is 9.13. The molecule has 0 saturated carbocycles. The van der Waals surface area contributed by atoms with Gasteiger partial charge >= 0.3 is 5.97 Å². The van der Waals surface area contributed by atoms with Crippen molar-refractivity contribution in [1.82, 2.24) is 0 Å². The average Bonchev–Trinajstić information content (AvgIpc) is 2.70. The number of aromatic hydroxyl groups is 1. The lowest BCUT2D eigenvalue weighted by Gasteiger charge is -2.18. The number of benzene rings is 2. The largest absolute Gasteiger partial charge is 0.506 e. The Hall–Kier alpha value is -1.48. The average molecular weight is 648 g/mol. The summed E-state index contributed by atoms with van der Waals surface area (Å²) in [7, 11) is 1.33. The maximum Gasteiger partial charge on any atom is 0.338 e. The van der Waals surface area contributed by atoms with E-state index in [1.54, 1.807) is 36.4 Å². The lowest BCUT2D eigenvalue weighted by molar-refractivity contribution is -0.110. The summed E-state index contributed by atoms with van der Waals surface area (Å²) in [6, 6.07) is 10.6. The molecule has 3 rings (SSSR count). The zero-order chi connectivity index (χ0) is 21.3. The molecule has 2 aromatic carbocycles. The lowest BCUT2D eigenvalue weighted by Crippen LogP contribution is -2.08. The summed E-state index contributed by atoms with van der Waals surface area (Å²) in [5, 5.41) is 10.1. The van der Waals surface area contributed by atoms with E-state index in [0.717, 1.165) is 5.56 Å². The van der Waals surface area contributed by atoms with Gasteiger partial charge in [0.1, 0.15) is 5.75 Å². The fourth-order valence-electron chi connectivity index (χ4n) is 2.88. The number of hydrogen-bond acceptors (Lipinski definition) is 4. The zero-order valence-electron chi connectivity index (χ0n) is 14.8. The summed E-state index contributed by atoms with van der Waals surface area (Å²) < 4.78 is 6.68. The molecule has 0 bridgehead atoms. The van der Waals surface area contributed by atoms with E-state index in [1.807, 2.05) is 12.1 Å². The first-order valence-corrected chi connectivity index (χ1v) is 11.3. The Bertz CT molecular complexity index is 1080. The van der Waals surface area contributed by atoms with Crippen molar-refractivity contribution in [2.75, 3.05) is 7.11 Å². The van der Waals surface area contributed by atoms with Crippen LogP contribution in [0.3, 0.4) is 0 Å². The van der Waals surface area contributed by atoms with E-state index < -0.39 is 5.97 Å². The summed E-state index contributed by atoms with van der Waals surface area (Å²) in [4.78, 5) is 24.6. The number of hydrogen-bond donors (Lipinski definition) is 1. The quantitative estimate of drug-likeness (QED) is 0.380. The fraction of sp³-hybridized carbons (Fsp3) is 0.0476. The summed E-state index contributed by atoms with van der Waals surface area (Å²) in [5.74, 6) is -0.595. The molecule has 0 radical (unpaired) electrons. The van der Waals surface area contributed by atoms with Crippen molar-refractivity contribution in [2.24, 2.45) is 0 Å². The molecule has 8 heteroatoms. The number of halogens is 4. The topological polar surface area (TPSA) is 63.6 Å². The van der Waals surface area contributed by atoms with Crippen LogP contribution in [0, 0.1) is 0 Å². The molecule has 0 saturated heterocycles. The van der Waals surface area contributed by atoms with Crippen LogP contribution in [0.2, 0.25) is 0 Å². The molecular formula is C21H12Br4O4. The van der Waals surface area contributed by atoms with Crippen LogP contribution in [0.5, 0.6) is 5.75 Å². The van der Waals surface area contributed by atoms with Crippen molar-refractivity contribution < 1.29 is 19.4 Å². The van der Waals surface area contributed by atoms with Crippen molar-refractivity contribution in [3.05, 3.63) is 88.7 Å². The van der Waals surface area contributed by atoms with Crippen molar-refractivity contribution in [2.45, 2.75) is 0 Å². The van der Waals surface area contributed by atoms with Gasteiger partial charge in [0.15, 0.2) is 0 Å². The Morgan fingerprint density at radius 1 is 0.931 bits per heavy atom. The van der Waals surface area contributed by atoms with Gasteiger partial charge in [-0.25, -0.2) is 4.79 Å². The Labute approximate surface area is 200 Å². The second-order valence-electron chi connectivity index (χ2n) is 5.97. The highest BCUT2D eigenvalue weighted by Crippen LogP contribution is 2.41. The number of phenols is 1. The molecule has 4 nitrogen and oxygen atoms in total. The highest BCUT2D eigenvalue weighted by atomic mass is 79.9. The summed E-state index contributed by atoms with van der Waals surface area (Å²) >= 11 is 13.3. The van der Waals surface area contributed by atoms with Gasteiger partial charge in [-0.05, 0) is 116 Å². The minimum atomic E-state index is -0.478. The number of rotatable bonds is 3. The van der Waals surface area contributed by atoms with E-state index in [2.05, 4.69) is 63.7 Å². The molecule has 1 aliphatic rings. The van der Waals surface area contributed by atoms with Crippen LogP contribution in [-0.2, 0) is 9.53 Å². The smallest absolute Gasteiger partial charge is 0.338 e. The van der Waals surface area contributed by atoms with Crippen LogP contribution >= 0.6 is 63.7 Å². The number of carbonyl (C=O) groups excluding carboxylic acids is 2. The summed E-state index contributed by atoms with van der Waals surface area (Å²) in [6.07, 6.45) is 3.40. The molecule has 0 heterocycles. The van der Waals surface area contributed by atoms with Crippen molar-refractivity contribution in [3.63, 3.8) is 0 Å². The minimum Gasteiger partial charge on any atom is -0.506 e. The van der Waals surface area contributed by atoms with Crippen LogP contribution in [0.4, 0.5) is 0 Å². The summed E-state index contributed by atoms with van der Waals surface area (Å²) in [6.45, 7) is 0. The third-order valence-corrected chi connectivity index (χ3v) is 6.58. The van der Waals surface area contributed by atoms with Crippen LogP contribution in [-0.4, -0.2) is 24.0 Å². The van der Waals surface area contributed by atoms with E-state index >= 15 is 0 Å². The van der Waals surface area contributed by atoms with E-state index in [9.17, 15) is 14.7 Å². The Morgan fingerprint density at radius 3 is 1.97 bits per heavy atom. The lowest BCUT2D eigenvalue weighted by atomic mass is 9.88. The molecule has 0 aliphatic heterocycles. The summed E-state index contributed by atoms with van der Waals surface area (Å²) in [5.41, 5.74) is 3.11. The van der Waals surface area contributed by atoms with Gasteiger partial charge in [0, 0.05) is 0 Å². The molecular weight excluding hydrogens is 636 g/mol. The molecule has 2 aromatic rings. The molecule has 148 valence electrons. The second-order valence-corrected chi connectivity index (χ2v) is 9.39. The number of ether oxygens (including phenoxy) is 1. The van der Waals surface area contributed by atoms with Crippen LogP contribution in [0.25, 0.3) is 5.57 Å². The maximum absolute atomic E-state index is 12.4. The van der Waals surface area contributed by atoms with E-state index in [-0.39, 0.29) is 11.5 Å². The van der Waals surface area contributed by atoms with Gasteiger partial charge in [0.05, 0.1) is 30.6 Å². The van der Waals surface area contributed by atoms with Gasteiger partial charge in [-0.2, -0.15) is 0 Å². The van der Waals surface area contributed by atoms with Gasteiger partial charge in [-0.1, -0.05) is 18.2 Å². The third-order valence-electron chi connectivity index (χ3n) is 4.19. The molecule has 0 spiro atoms. The van der Waals surface area contributed by atoms with Crippen LogP contribution in [0.1, 0.15) is 21.5 Å². The first-order valence-electron chi connectivity index (χ1n) is 8.14. The number of carbonyl (C=O) groups is 2. The van der Waals surface area contributed by atoms with Gasteiger partial charge < -0.3 is 9.84 Å². The number of allylic oxidation sites excluding steroid dienone is 5. The normalized spacial score (nSPS) is 13.7. The van der Waals surface area contributed by atoms with Crippen LogP contribution < -0.4 is 0 Å². The number of Topliss-reactive ketones (excluding diaryl/α,β-unsaturated/α-hetero) is 1.